The van der Waals surface area contributed by atoms with Crippen molar-refractivity contribution in [2.45, 2.75) is 46.5 Å². The highest BCUT2D eigenvalue weighted by molar-refractivity contribution is 5.96. The molecule has 0 aliphatic heterocycles. The van der Waals surface area contributed by atoms with Gasteiger partial charge in [0.2, 0.25) is 0 Å². The lowest BCUT2D eigenvalue weighted by molar-refractivity contribution is 0.0956. The predicted molar refractivity (Wildman–Crippen MR) is 90.7 cm³/mol. The van der Waals surface area contributed by atoms with Gasteiger partial charge in [-0.25, -0.2) is 0 Å². The molecule has 0 radical (unpaired) electrons. The SMILES string of the molecule is CCCCC(CC)CNc1cc(C(=O)NCC)ccc1N. The van der Waals surface area contributed by atoms with E-state index in [-0.39, 0.29) is 5.91 Å². The summed E-state index contributed by atoms with van der Waals surface area (Å²) in [6.45, 7) is 7.87. The molecule has 1 atom stereocenters. The van der Waals surface area contributed by atoms with Gasteiger partial charge in [-0.2, -0.15) is 0 Å². The number of nitrogens with two attached hydrogens (primary N) is 1. The lowest BCUT2D eigenvalue weighted by atomic mass is 9.99. The molecule has 0 fully saturated rings. The van der Waals surface area contributed by atoms with Gasteiger partial charge in [-0.1, -0.05) is 33.1 Å². The third-order valence-corrected chi connectivity index (χ3v) is 3.78. The zero-order valence-corrected chi connectivity index (χ0v) is 13.5. The van der Waals surface area contributed by atoms with E-state index in [1.54, 1.807) is 12.1 Å². The van der Waals surface area contributed by atoms with Gasteiger partial charge in [0.15, 0.2) is 0 Å². The van der Waals surface area contributed by atoms with Crippen LogP contribution in [0, 0.1) is 5.92 Å². The number of nitrogen functional groups attached to an aromatic ring is 1. The molecular formula is C17H29N3O. The molecule has 4 nitrogen and oxygen atoms in total. The fourth-order valence-electron chi connectivity index (χ4n) is 2.31. The number of hydrogen-bond donors (Lipinski definition) is 3. The first-order valence-electron chi connectivity index (χ1n) is 8.03. The second-order valence-electron chi connectivity index (χ2n) is 5.46. The standard InChI is InChI=1S/C17H29N3O/c1-4-7-8-13(5-2)12-20-16-11-14(9-10-15(16)18)17(21)19-6-3/h9-11,13,20H,4-8,12,18H2,1-3H3,(H,19,21). The van der Waals surface area contributed by atoms with Gasteiger partial charge in [0.1, 0.15) is 0 Å². The second kappa shape index (κ2) is 9.27. The minimum absolute atomic E-state index is 0.0569. The molecule has 0 aromatic heterocycles. The Hall–Kier alpha value is -1.71. The van der Waals surface area contributed by atoms with Gasteiger partial charge >= 0.3 is 0 Å². The first-order chi connectivity index (χ1) is 10.1. The lowest BCUT2D eigenvalue weighted by Crippen LogP contribution is -2.23. The molecule has 1 aromatic carbocycles. The molecule has 0 spiro atoms. The molecule has 0 heterocycles. The van der Waals surface area contributed by atoms with Gasteiger partial charge in [-0.3, -0.25) is 4.79 Å². The fourth-order valence-corrected chi connectivity index (χ4v) is 2.31. The Kier molecular flexibility index (Phi) is 7.65. The first kappa shape index (κ1) is 17.3. The van der Waals surface area contributed by atoms with Crippen LogP contribution in [0.25, 0.3) is 0 Å². The van der Waals surface area contributed by atoms with Crippen LogP contribution >= 0.6 is 0 Å². The van der Waals surface area contributed by atoms with Crippen LogP contribution in [0.1, 0.15) is 56.8 Å². The summed E-state index contributed by atoms with van der Waals surface area (Å²) in [6.07, 6.45) is 4.87. The van der Waals surface area contributed by atoms with Crippen molar-refractivity contribution in [3.05, 3.63) is 23.8 Å². The van der Waals surface area contributed by atoms with Gasteiger partial charge in [0.25, 0.3) is 5.91 Å². The maximum Gasteiger partial charge on any atom is 0.251 e. The molecule has 1 aromatic rings. The van der Waals surface area contributed by atoms with E-state index in [1.807, 2.05) is 13.0 Å². The molecule has 4 heteroatoms. The van der Waals surface area contributed by atoms with Crippen LogP contribution < -0.4 is 16.4 Å². The Labute approximate surface area is 128 Å². The minimum Gasteiger partial charge on any atom is -0.397 e. The quantitative estimate of drug-likeness (QED) is 0.608. The molecule has 0 saturated heterocycles. The number of benzene rings is 1. The van der Waals surface area contributed by atoms with Crippen molar-refractivity contribution >= 4 is 17.3 Å². The van der Waals surface area contributed by atoms with E-state index in [4.69, 9.17) is 5.73 Å². The van der Waals surface area contributed by atoms with Crippen LogP contribution in [0.4, 0.5) is 11.4 Å². The van der Waals surface area contributed by atoms with Crippen molar-refractivity contribution in [2.75, 3.05) is 24.1 Å². The maximum atomic E-state index is 11.9. The van der Waals surface area contributed by atoms with Crippen molar-refractivity contribution in [1.82, 2.24) is 5.32 Å². The van der Waals surface area contributed by atoms with Gasteiger partial charge < -0.3 is 16.4 Å². The highest BCUT2D eigenvalue weighted by Crippen LogP contribution is 2.22. The van der Waals surface area contributed by atoms with Crippen LogP contribution in [-0.2, 0) is 0 Å². The van der Waals surface area contributed by atoms with Crippen molar-refractivity contribution in [3.63, 3.8) is 0 Å². The molecule has 0 aliphatic carbocycles. The number of anilines is 2. The summed E-state index contributed by atoms with van der Waals surface area (Å²) < 4.78 is 0. The topological polar surface area (TPSA) is 67.2 Å². The van der Waals surface area contributed by atoms with Gasteiger partial charge in [0.05, 0.1) is 11.4 Å². The monoisotopic (exact) mass is 291 g/mol. The molecule has 4 N–H and O–H groups in total. The van der Waals surface area contributed by atoms with Crippen LogP contribution in [0.5, 0.6) is 0 Å². The second-order valence-corrected chi connectivity index (χ2v) is 5.46. The smallest absolute Gasteiger partial charge is 0.251 e. The van der Waals surface area contributed by atoms with Crippen molar-refractivity contribution in [3.8, 4) is 0 Å². The zero-order chi connectivity index (χ0) is 15.7. The number of hydrogen-bond acceptors (Lipinski definition) is 3. The maximum absolute atomic E-state index is 11.9. The molecule has 0 saturated carbocycles. The minimum atomic E-state index is -0.0569. The van der Waals surface area contributed by atoms with E-state index >= 15 is 0 Å². The summed E-state index contributed by atoms with van der Waals surface area (Å²) in [5.41, 5.74) is 8.19. The van der Waals surface area contributed by atoms with E-state index in [1.165, 1.54) is 19.3 Å². The van der Waals surface area contributed by atoms with E-state index in [0.717, 1.165) is 18.7 Å². The summed E-state index contributed by atoms with van der Waals surface area (Å²) in [4.78, 5) is 11.9. The van der Waals surface area contributed by atoms with Crippen molar-refractivity contribution in [1.29, 1.82) is 0 Å². The Morgan fingerprint density at radius 3 is 2.67 bits per heavy atom. The molecule has 118 valence electrons. The van der Waals surface area contributed by atoms with Gasteiger partial charge in [0, 0.05) is 18.7 Å². The Balaban J connectivity index is 2.68. The average Bonchev–Trinajstić information content (AvgIpc) is 2.49. The van der Waals surface area contributed by atoms with Crippen LogP contribution in [-0.4, -0.2) is 19.0 Å². The van der Waals surface area contributed by atoms with Crippen LogP contribution in [0.2, 0.25) is 0 Å². The summed E-state index contributed by atoms with van der Waals surface area (Å²) in [7, 11) is 0. The number of amides is 1. The number of carbonyl (C=O) groups is 1. The van der Waals surface area contributed by atoms with Crippen LogP contribution in [0.15, 0.2) is 18.2 Å². The Bertz CT molecular complexity index is 446. The van der Waals surface area contributed by atoms with E-state index < -0.39 is 0 Å². The molecule has 1 rings (SSSR count). The summed E-state index contributed by atoms with van der Waals surface area (Å²) in [5.74, 6) is 0.594. The number of carbonyl (C=O) groups excluding carboxylic acids is 1. The largest absolute Gasteiger partial charge is 0.397 e. The summed E-state index contributed by atoms with van der Waals surface area (Å²) in [5, 5.41) is 6.21. The number of nitrogens with one attached hydrogen (secondary N) is 2. The summed E-state index contributed by atoms with van der Waals surface area (Å²) >= 11 is 0. The molecule has 0 aliphatic rings. The van der Waals surface area contributed by atoms with Gasteiger partial charge in [-0.15, -0.1) is 0 Å². The normalized spacial score (nSPS) is 12.0. The third kappa shape index (κ3) is 5.66. The molecule has 21 heavy (non-hydrogen) atoms. The molecule has 0 bridgehead atoms. The van der Waals surface area contributed by atoms with Crippen LogP contribution in [0.3, 0.4) is 0 Å². The van der Waals surface area contributed by atoms with Gasteiger partial charge in [-0.05, 0) is 37.5 Å². The zero-order valence-electron chi connectivity index (χ0n) is 13.5. The average molecular weight is 291 g/mol. The first-order valence-corrected chi connectivity index (χ1v) is 8.03. The Morgan fingerprint density at radius 1 is 1.29 bits per heavy atom. The molecular weight excluding hydrogens is 262 g/mol. The fraction of sp³-hybridized carbons (Fsp3) is 0.588. The lowest BCUT2D eigenvalue weighted by Gasteiger charge is -2.17. The van der Waals surface area contributed by atoms with Crippen molar-refractivity contribution < 1.29 is 4.79 Å². The van der Waals surface area contributed by atoms with E-state index in [9.17, 15) is 4.79 Å². The number of unbranched alkanes of at least 4 members (excludes halogenated alkanes) is 1. The predicted octanol–water partition coefficient (Wildman–Crippen LogP) is 3.65. The van der Waals surface area contributed by atoms with Crippen molar-refractivity contribution in [2.24, 2.45) is 5.92 Å². The van der Waals surface area contributed by atoms with E-state index in [2.05, 4.69) is 24.5 Å². The number of rotatable bonds is 9. The molecule has 1 unspecified atom stereocenters. The summed E-state index contributed by atoms with van der Waals surface area (Å²) in [6, 6.07) is 5.40. The highest BCUT2D eigenvalue weighted by Gasteiger charge is 2.10. The highest BCUT2D eigenvalue weighted by atomic mass is 16.1. The Morgan fingerprint density at radius 2 is 2.05 bits per heavy atom. The third-order valence-electron chi connectivity index (χ3n) is 3.78. The van der Waals surface area contributed by atoms with E-state index in [0.29, 0.717) is 23.7 Å². The molecule has 1 amide bonds.